The third-order valence-electron chi connectivity index (χ3n) is 7.78. The topological polar surface area (TPSA) is 23.6 Å². The first-order chi connectivity index (χ1) is 16.4. The first-order valence-electron chi connectivity index (χ1n) is 12.2. The van der Waals surface area contributed by atoms with E-state index in [-0.39, 0.29) is 11.2 Å². The molecule has 0 amide bonds. The minimum atomic E-state index is 0.0371. The molecular weight excluding hydrogens is 484 g/mol. The summed E-state index contributed by atoms with van der Waals surface area (Å²) in [5.74, 6) is 0.243. The molecule has 2 aliphatic carbocycles. The quantitative estimate of drug-likeness (QED) is 0.361. The van der Waals surface area contributed by atoms with Gasteiger partial charge in [0.1, 0.15) is 0 Å². The van der Waals surface area contributed by atoms with E-state index in [0.29, 0.717) is 6.42 Å². The fraction of sp³-hybridized carbons (Fsp3) is 0.300. The largest absolute Gasteiger partial charge is 0.368 e. The van der Waals surface area contributed by atoms with Gasteiger partial charge in [-0.05, 0) is 58.2 Å². The Kier molecular flexibility index (Phi) is 5.18. The average Bonchev–Trinajstić information content (AvgIpc) is 2.85. The van der Waals surface area contributed by atoms with E-state index in [9.17, 15) is 4.79 Å². The van der Waals surface area contributed by atoms with Crippen LogP contribution in [0.2, 0.25) is 0 Å². The third kappa shape index (κ3) is 3.51. The number of ketones is 1. The summed E-state index contributed by atoms with van der Waals surface area (Å²) in [4.78, 5) is 18.4. The van der Waals surface area contributed by atoms with E-state index in [1.165, 1.54) is 22.5 Å². The van der Waals surface area contributed by atoms with Gasteiger partial charge >= 0.3 is 0 Å². The summed E-state index contributed by atoms with van der Waals surface area (Å²) in [5.41, 5.74) is 7.06. The summed E-state index contributed by atoms with van der Waals surface area (Å²) in [6.45, 7) is 8.47. The van der Waals surface area contributed by atoms with Crippen molar-refractivity contribution in [3.05, 3.63) is 87.9 Å². The molecule has 3 aromatic rings. The first-order valence-corrected chi connectivity index (χ1v) is 13.0. The Balaban J connectivity index is 1.35. The molecule has 172 valence electrons. The fourth-order valence-electron chi connectivity index (χ4n) is 5.85. The van der Waals surface area contributed by atoms with E-state index in [0.717, 1.165) is 59.0 Å². The van der Waals surface area contributed by atoms with Crippen LogP contribution in [0.15, 0.2) is 76.8 Å². The number of halogens is 1. The van der Waals surface area contributed by atoms with Crippen LogP contribution in [0.4, 0.5) is 11.4 Å². The zero-order chi connectivity index (χ0) is 23.4. The van der Waals surface area contributed by atoms with E-state index in [1.807, 2.05) is 0 Å². The fourth-order valence-corrected chi connectivity index (χ4v) is 6.51. The van der Waals surface area contributed by atoms with Crippen molar-refractivity contribution in [2.45, 2.75) is 26.7 Å². The summed E-state index contributed by atoms with van der Waals surface area (Å²) in [6.07, 6.45) is 6.00. The normalized spacial score (nSPS) is 19.4. The Morgan fingerprint density at radius 2 is 1.59 bits per heavy atom. The number of rotatable bonds is 2. The van der Waals surface area contributed by atoms with Crippen LogP contribution in [0.1, 0.15) is 42.6 Å². The number of benzene rings is 3. The standard InChI is InChI=1S/C30H29BrN2O/c1-30(2)12-6-9-23-24-11-10-20-17-22(18-26(31)28(20)29(24)27(34)19-25(23)30)33-15-13-32(14-16-33)21-7-4-3-5-8-21/h3-11,17-18H,12-16,19H2,1-2H3. The van der Waals surface area contributed by atoms with Gasteiger partial charge in [-0.15, -0.1) is 0 Å². The van der Waals surface area contributed by atoms with Gasteiger partial charge < -0.3 is 9.80 Å². The van der Waals surface area contributed by atoms with E-state index in [2.05, 4.69) is 106 Å². The number of Topliss-reactive ketones (excluding diaryl/α,β-unsaturated/α-hetero) is 1. The van der Waals surface area contributed by atoms with Crippen molar-refractivity contribution in [2.75, 3.05) is 36.0 Å². The number of carbonyl (C=O) groups is 1. The molecule has 0 aromatic heterocycles. The molecule has 3 aromatic carbocycles. The van der Waals surface area contributed by atoms with Crippen LogP contribution in [0, 0.1) is 5.41 Å². The van der Waals surface area contributed by atoms with Crippen molar-refractivity contribution in [3.8, 4) is 0 Å². The van der Waals surface area contributed by atoms with E-state index < -0.39 is 0 Å². The van der Waals surface area contributed by atoms with Crippen LogP contribution in [-0.4, -0.2) is 32.0 Å². The minimum absolute atomic E-state index is 0.0371. The lowest BCUT2D eigenvalue weighted by Gasteiger charge is -2.38. The van der Waals surface area contributed by atoms with E-state index in [4.69, 9.17) is 0 Å². The molecule has 1 aliphatic heterocycles. The number of allylic oxidation sites excluding steroid dienone is 4. The molecule has 6 rings (SSSR count). The van der Waals surface area contributed by atoms with Gasteiger partial charge in [0.15, 0.2) is 5.78 Å². The number of para-hydroxylation sites is 1. The lowest BCUT2D eigenvalue weighted by molar-refractivity contribution is 0.0985. The van der Waals surface area contributed by atoms with Gasteiger partial charge in [0, 0.05) is 59.4 Å². The molecule has 0 spiro atoms. The molecule has 0 bridgehead atoms. The van der Waals surface area contributed by atoms with Crippen LogP contribution in [0.3, 0.4) is 0 Å². The second-order valence-electron chi connectivity index (χ2n) is 10.3. The van der Waals surface area contributed by atoms with Crippen LogP contribution in [0.5, 0.6) is 0 Å². The Hall–Kier alpha value is -2.85. The summed E-state index contributed by atoms with van der Waals surface area (Å²) >= 11 is 3.86. The molecule has 3 aliphatic rings. The predicted molar refractivity (Wildman–Crippen MR) is 146 cm³/mol. The number of hydrogen-bond donors (Lipinski definition) is 0. The van der Waals surface area contributed by atoms with Crippen molar-refractivity contribution in [1.29, 1.82) is 0 Å². The molecule has 1 saturated heterocycles. The van der Waals surface area contributed by atoms with Crippen LogP contribution >= 0.6 is 15.9 Å². The van der Waals surface area contributed by atoms with E-state index >= 15 is 0 Å². The van der Waals surface area contributed by atoms with Crippen molar-refractivity contribution in [1.82, 2.24) is 0 Å². The SMILES string of the molecule is CC1(C)CC=CC2=C1CC(=O)c1c2ccc2cc(N3CCN(c4ccccc4)CC3)cc(Br)c12. The smallest absolute Gasteiger partial charge is 0.168 e. The maximum Gasteiger partial charge on any atom is 0.168 e. The summed E-state index contributed by atoms with van der Waals surface area (Å²) < 4.78 is 1.01. The number of fused-ring (bicyclic) bond motifs is 4. The van der Waals surface area contributed by atoms with Crippen molar-refractivity contribution in [2.24, 2.45) is 5.41 Å². The molecule has 4 heteroatoms. The van der Waals surface area contributed by atoms with Gasteiger partial charge in [0.2, 0.25) is 0 Å². The zero-order valence-corrected chi connectivity index (χ0v) is 21.4. The van der Waals surface area contributed by atoms with Crippen LogP contribution < -0.4 is 9.80 Å². The van der Waals surface area contributed by atoms with Crippen LogP contribution in [-0.2, 0) is 0 Å². The van der Waals surface area contributed by atoms with Crippen molar-refractivity contribution in [3.63, 3.8) is 0 Å². The summed E-state index contributed by atoms with van der Waals surface area (Å²) in [7, 11) is 0. The van der Waals surface area contributed by atoms with Gasteiger partial charge in [-0.1, -0.05) is 72.3 Å². The maximum atomic E-state index is 13.5. The lowest BCUT2D eigenvalue weighted by atomic mass is 9.68. The van der Waals surface area contributed by atoms with Gasteiger partial charge in [-0.3, -0.25) is 4.79 Å². The zero-order valence-electron chi connectivity index (χ0n) is 19.8. The summed E-state index contributed by atoms with van der Waals surface area (Å²) in [6, 6.07) is 19.5. The van der Waals surface area contributed by atoms with Crippen LogP contribution in [0.25, 0.3) is 16.3 Å². The Morgan fingerprint density at radius 1 is 0.882 bits per heavy atom. The maximum absolute atomic E-state index is 13.5. The Bertz CT molecular complexity index is 1360. The highest BCUT2D eigenvalue weighted by atomic mass is 79.9. The van der Waals surface area contributed by atoms with Gasteiger partial charge in [-0.25, -0.2) is 0 Å². The molecule has 3 nitrogen and oxygen atoms in total. The lowest BCUT2D eigenvalue weighted by Crippen LogP contribution is -2.46. The number of hydrogen-bond acceptors (Lipinski definition) is 3. The molecule has 0 N–H and O–H groups in total. The molecule has 0 unspecified atom stereocenters. The average molecular weight is 513 g/mol. The third-order valence-corrected chi connectivity index (χ3v) is 8.41. The number of piperazine rings is 1. The number of anilines is 2. The summed E-state index contributed by atoms with van der Waals surface area (Å²) in [5, 5.41) is 2.18. The highest BCUT2D eigenvalue weighted by molar-refractivity contribution is 9.10. The minimum Gasteiger partial charge on any atom is -0.368 e. The van der Waals surface area contributed by atoms with Crippen molar-refractivity contribution >= 4 is 49.4 Å². The van der Waals surface area contributed by atoms with Gasteiger partial charge in [-0.2, -0.15) is 0 Å². The number of nitrogens with zero attached hydrogens (tertiary/aromatic N) is 2. The van der Waals surface area contributed by atoms with Crippen molar-refractivity contribution < 1.29 is 4.79 Å². The Labute approximate surface area is 209 Å². The predicted octanol–water partition coefficient (Wildman–Crippen LogP) is 7.26. The molecule has 34 heavy (non-hydrogen) atoms. The highest BCUT2D eigenvalue weighted by Gasteiger charge is 2.35. The molecular formula is C30H29BrN2O. The second kappa shape index (κ2) is 8.13. The molecule has 0 atom stereocenters. The second-order valence-corrected chi connectivity index (χ2v) is 11.2. The molecule has 0 saturated carbocycles. The Morgan fingerprint density at radius 3 is 2.32 bits per heavy atom. The van der Waals surface area contributed by atoms with Gasteiger partial charge in [0.25, 0.3) is 0 Å². The van der Waals surface area contributed by atoms with E-state index in [1.54, 1.807) is 0 Å². The first kappa shape index (κ1) is 21.7. The number of carbonyl (C=O) groups excluding carboxylic acids is 1. The molecule has 0 radical (unpaired) electrons. The molecule has 1 fully saturated rings. The molecule has 1 heterocycles. The monoisotopic (exact) mass is 512 g/mol. The highest BCUT2D eigenvalue weighted by Crippen LogP contribution is 2.48. The van der Waals surface area contributed by atoms with Gasteiger partial charge in [0.05, 0.1) is 0 Å².